The van der Waals surface area contributed by atoms with Crippen molar-refractivity contribution in [1.82, 2.24) is 14.9 Å². The molecule has 12 heteroatoms. The van der Waals surface area contributed by atoms with E-state index in [2.05, 4.69) is 27.1 Å². The number of nitrogens with one attached hydrogen (secondary N) is 2. The van der Waals surface area contributed by atoms with Crippen LogP contribution in [0, 0.1) is 5.92 Å². The number of likely N-dealkylation sites (N-methyl/N-ethyl adjacent to an activating group) is 2. The summed E-state index contributed by atoms with van der Waals surface area (Å²) in [5.41, 5.74) is 1.21. The van der Waals surface area contributed by atoms with Crippen LogP contribution in [0.25, 0.3) is 0 Å². The third-order valence-corrected chi connectivity index (χ3v) is 8.39. The summed E-state index contributed by atoms with van der Waals surface area (Å²) in [4.78, 5) is 27.7. The largest absolute Gasteiger partial charge is 0.494 e. The van der Waals surface area contributed by atoms with E-state index in [0.717, 1.165) is 12.2 Å². The highest BCUT2D eigenvalue weighted by Crippen LogP contribution is 2.45. The number of carbonyl (C=O) groups excluding carboxylic acids is 1. The van der Waals surface area contributed by atoms with E-state index in [1.165, 1.54) is 12.3 Å². The number of sulfone groups is 1. The van der Waals surface area contributed by atoms with Crippen molar-refractivity contribution in [1.29, 1.82) is 0 Å². The fraction of sp³-hybridized carbons (Fsp3) is 0.345. The van der Waals surface area contributed by atoms with Gasteiger partial charge in [0.2, 0.25) is 11.9 Å². The highest BCUT2D eigenvalue weighted by Gasteiger charge is 2.47. The molecule has 2 aliphatic rings. The standard InChI is InChI=1S/C29H37N7O4S/c1-8-27(37)31-21-17-22(24(40-6)18-23(21)35(5)16-15-34(3)4)32-28-30-14-12-26(33-28)36-19-25(41(7,38)39)20-11-9-10-13-29(20,36)2/h8-14,17-20H,1,15-16H2,2-7H3,(H,31,37)(H,30,32,33)/t20?,29-/m0/s1. The number of aromatic nitrogens is 2. The molecule has 0 bridgehead atoms. The zero-order valence-corrected chi connectivity index (χ0v) is 25.1. The Balaban J connectivity index is 1.71. The summed E-state index contributed by atoms with van der Waals surface area (Å²) < 4.78 is 30.9. The Morgan fingerprint density at radius 2 is 1.98 bits per heavy atom. The average molecular weight is 580 g/mol. The van der Waals surface area contributed by atoms with Crippen molar-refractivity contribution in [3.8, 4) is 5.75 Å². The van der Waals surface area contributed by atoms with Crippen LogP contribution in [-0.2, 0) is 14.6 Å². The predicted octanol–water partition coefficient (Wildman–Crippen LogP) is 3.56. The van der Waals surface area contributed by atoms with E-state index in [1.807, 2.05) is 68.2 Å². The lowest BCUT2D eigenvalue weighted by molar-refractivity contribution is -0.111. The number of amides is 1. The van der Waals surface area contributed by atoms with Gasteiger partial charge in [0.1, 0.15) is 11.6 Å². The summed E-state index contributed by atoms with van der Waals surface area (Å²) >= 11 is 0. The summed E-state index contributed by atoms with van der Waals surface area (Å²) in [5.74, 6) is 0.624. The van der Waals surface area contributed by atoms with E-state index in [4.69, 9.17) is 9.72 Å². The van der Waals surface area contributed by atoms with E-state index < -0.39 is 15.4 Å². The first kappa shape index (κ1) is 29.8. The summed E-state index contributed by atoms with van der Waals surface area (Å²) in [6.45, 7) is 7.07. The van der Waals surface area contributed by atoms with E-state index in [1.54, 1.807) is 31.6 Å². The highest BCUT2D eigenvalue weighted by molar-refractivity contribution is 7.94. The van der Waals surface area contributed by atoms with Gasteiger partial charge in [0, 0.05) is 50.8 Å². The van der Waals surface area contributed by atoms with Crippen molar-refractivity contribution in [3.05, 3.63) is 72.5 Å². The molecule has 1 aliphatic heterocycles. The predicted molar refractivity (Wildman–Crippen MR) is 165 cm³/mol. The lowest BCUT2D eigenvalue weighted by atomic mass is 9.83. The van der Waals surface area contributed by atoms with Crippen LogP contribution in [0.3, 0.4) is 0 Å². The average Bonchev–Trinajstić information content (AvgIpc) is 3.25. The van der Waals surface area contributed by atoms with Gasteiger partial charge >= 0.3 is 0 Å². The summed E-state index contributed by atoms with van der Waals surface area (Å²) in [6.07, 6.45) is 13.3. The molecule has 0 spiro atoms. The molecule has 0 fully saturated rings. The zero-order chi connectivity index (χ0) is 29.9. The lowest BCUT2D eigenvalue weighted by Gasteiger charge is -2.38. The van der Waals surface area contributed by atoms with Crippen LogP contribution in [0.15, 0.2) is 72.5 Å². The molecule has 218 valence electrons. The molecule has 2 N–H and O–H groups in total. The maximum absolute atomic E-state index is 12.6. The molecule has 0 saturated heterocycles. The van der Waals surface area contributed by atoms with Gasteiger partial charge in [-0.2, -0.15) is 4.98 Å². The molecule has 11 nitrogen and oxygen atoms in total. The van der Waals surface area contributed by atoms with Crippen LogP contribution in [0.4, 0.5) is 28.8 Å². The first-order valence-corrected chi connectivity index (χ1v) is 14.9. The fourth-order valence-corrected chi connectivity index (χ4v) is 5.97. The van der Waals surface area contributed by atoms with Crippen molar-refractivity contribution in [3.63, 3.8) is 0 Å². The molecule has 1 unspecified atom stereocenters. The second-order valence-corrected chi connectivity index (χ2v) is 12.5. The minimum absolute atomic E-state index is 0.271. The molecule has 0 radical (unpaired) electrons. The number of rotatable bonds is 11. The van der Waals surface area contributed by atoms with Crippen LogP contribution < -0.4 is 25.2 Å². The second-order valence-electron chi connectivity index (χ2n) is 10.5. The topological polar surface area (TPSA) is 120 Å². The third kappa shape index (κ3) is 6.28. The van der Waals surface area contributed by atoms with Gasteiger partial charge in [0.05, 0.1) is 34.6 Å². The van der Waals surface area contributed by atoms with Gasteiger partial charge in [-0.1, -0.05) is 30.9 Å². The smallest absolute Gasteiger partial charge is 0.247 e. The summed E-state index contributed by atoms with van der Waals surface area (Å²) in [5, 5.41) is 6.09. The number of benzene rings is 1. The van der Waals surface area contributed by atoms with Gasteiger partial charge in [-0.3, -0.25) is 4.79 Å². The molecule has 2 heterocycles. The molecule has 1 amide bonds. The van der Waals surface area contributed by atoms with Crippen LogP contribution in [0.1, 0.15) is 6.92 Å². The van der Waals surface area contributed by atoms with Crippen molar-refractivity contribution in [2.45, 2.75) is 12.5 Å². The Bertz CT molecular complexity index is 1530. The molecule has 0 saturated carbocycles. The van der Waals surface area contributed by atoms with Crippen LogP contribution in [-0.4, -0.2) is 82.3 Å². The molecule has 1 aromatic heterocycles. The molecule has 4 rings (SSSR count). The van der Waals surface area contributed by atoms with Gasteiger partial charge in [0.25, 0.3) is 0 Å². The molecule has 1 aromatic carbocycles. The van der Waals surface area contributed by atoms with E-state index in [-0.39, 0.29) is 17.8 Å². The highest BCUT2D eigenvalue weighted by atomic mass is 32.2. The number of hydrogen-bond acceptors (Lipinski definition) is 10. The number of allylic oxidation sites excluding steroid dienone is 2. The Morgan fingerprint density at radius 3 is 2.63 bits per heavy atom. The minimum atomic E-state index is -3.45. The summed E-state index contributed by atoms with van der Waals surface area (Å²) in [7, 11) is 4.06. The molecular weight excluding hydrogens is 542 g/mol. The van der Waals surface area contributed by atoms with E-state index >= 15 is 0 Å². The first-order chi connectivity index (χ1) is 19.4. The fourth-order valence-electron chi connectivity index (χ4n) is 4.89. The van der Waals surface area contributed by atoms with Crippen molar-refractivity contribution >= 4 is 44.6 Å². The summed E-state index contributed by atoms with van der Waals surface area (Å²) in [6, 6.07) is 5.34. The minimum Gasteiger partial charge on any atom is -0.494 e. The normalized spacial score (nSPS) is 19.5. The van der Waals surface area contributed by atoms with Gasteiger partial charge in [-0.15, -0.1) is 0 Å². The Morgan fingerprint density at radius 1 is 1.22 bits per heavy atom. The molecular formula is C29H37N7O4S. The second kappa shape index (κ2) is 11.8. The number of fused-ring (bicyclic) bond motifs is 1. The number of methoxy groups -OCH3 is 1. The van der Waals surface area contributed by atoms with Crippen LogP contribution in [0.2, 0.25) is 0 Å². The third-order valence-electron chi connectivity index (χ3n) is 7.18. The van der Waals surface area contributed by atoms with Crippen LogP contribution >= 0.6 is 0 Å². The van der Waals surface area contributed by atoms with Gasteiger partial charge in [0.15, 0.2) is 9.84 Å². The molecule has 1 aliphatic carbocycles. The maximum atomic E-state index is 12.6. The van der Waals surface area contributed by atoms with Crippen molar-refractivity contribution in [2.24, 2.45) is 5.92 Å². The number of carbonyl (C=O) groups is 1. The van der Waals surface area contributed by atoms with Crippen molar-refractivity contribution < 1.29 is 17.9 Å². The van der Waals surface area contributed by atoms with Gasteiger partial charge in [-0.05, 0) is 39.2 Å². The Hall–Kier alpha value is -4.16. The molecule has 2 aromatic rings. The Kier molecular flexibility index (Phi) is 8.55. The molecule has 2 atom stereocenters. The maximum Gasteiger partial charge on any atom is 0.247 e. The SMILES string of the molecule is C=CC(=O)Nc1cc(Nc2nccc(N3C=C(S(C)(=O)=O)C4C=CC=C[C@@]43C)n2)c(OC)cc1N(C)CCN(C)C. The number of nitrogens with zero attached hydrogens (tertiary/aromatic N) is 5. The molecule has 41 heavy (non-hydrogen) atoms. The quantitative estimate of drug-likeness (QED) is 0.383. The van der Waals surface area contributed by atoms with Crippen molar-refractivity contribution in [2.75, 3.05) is 68.0 Å². The van der Waals surface area contributed by atoms with E-state index in [0.29, 0.717) is 34.4 Å². The van der Waals surface area contributed by atoms with Crippen LogP contribution in [0.5, 0.6) is 5.75 Å². The number of anilines is 5. The number of ether oxygens (including phenoxy) is 1. The van der Waals surface area contributed by atoms with E-state index in [9.17, 15) is 13.2 Å². The number of hydrogen-bond donors (Lipinski definition) is 2. The zero-order valence-electron chi connectivity index (χ0n) is 24.2. The van der Waals surface area contributed by atoms with Gasteiger partial charge in [-0.25, -0.2) is 13.4 Å². The lowest BCUT2D eigenvalue weighted by Crippen LogP contribution is -2.44. The van der Waals surface area contributed by atoms with Gasteiger partial charge < -0.3 is 30.1 Å². The monoisotopic (exact) mass is 579 g/mol. The first-order valence-electron chi connectivity index (χ1n) is 13.1. The Labute approximate surface area is 241 Å².